The first kappa shape index (κ1) is 15.9. The zero-order chi connectivity index (χ0) is 11.1. The first-order valence-corrected chi connectivity index (χ1v) is 5.59. The van der Waals surface area contributed by atoms with Gasteiger partial charge in [0.15, 0.2) is 5.11 Å². The predicted octanol–water partition coefficient (Wildman–Crippen LogP) is 0.649. The van der Waals surface area contributed by atoms with Crippen LogP contribution in [0.3, 0.4) is 0 Å². The van der Waals surface area contributed by atoms with Crippen molar-refractivity contribution in [1.82, 2.24) is 14.9 Å². The van der Waals surface area contributed by atoms with Crippen molar-refractivity contribution in [3.8, 4) is 0 Å². The van der Waals surface area contributed by atoms with E-state index in [1.165, 1.54) is 6.42 Å². The van der Waals surface area contributed by atoms with Crippen molar-refractivity contribution in [2.45, 2.75) is 25.7 Å². The number of nitrogens with zero attached hydrogens (tertiary/aromatic N) is 2. The van der Waals surface area contributed by atoms with Gasteiger partial charge in [-0.1, -0.05) is 6.42 Å². The third kappa shape index (κ3) is 6.48. The molecule has 1 aromatic heterocycles. The van der Waals surface area contributed by atoms with Crippen molar-refractivity contribution >= 4 is 46.9 Å². The zero-order valence-electron chi connectivity index (χ0n) is 9.07. The minimum atomic E-state index is 0. The van der Waals surface area contributed by atoms with E-state index in [2.05, 4.69) is 9.97 Å². The number of nitrogens with two attached hydrogens (primary N) is 1. The molecule has 0 bridgehead atoms. The quantitative estimate of drug-likeness (QED) is 0.442. The molecule has 86 valence electrons. The summed E-state index contributed by atoms with van der Waals surface area (Å²) in [5.74, 6) is 0. The number of thiocarbonyl (C=S) groups is 1. The average Bonchev–Trinajstić information content (AvgIpc) is 2.69. The van der Waals surface area contributed by atoms with E-state index in [4.69, 9.17) is 18.0 Å². The summed E-state index contributed by atoms with van der Waals surface area (Å²) >= 11 is 4.85. The van der Waals surface area contributed by atoms with Crippen molar-refractivity contribution in [2.24, 2.45) is 5.73 Å². The van der Waals surface area contributed by atoms with Gasteiger partial charge < -0.3 is 15.6 Å². The first-order valence-electron chi connectivity index (χ1n) is 5.18. The van der Waals surface area contributed by atoms with Crippen LogP contribution in [0.2, 0.25) is 0 Å². The van der Waals surface area contributed by atoms with Gasteiger partial charge in [-0.15, -0.1) is 0 Å². The van der Waals surface area contributed by atoms with Crippen LogP contribution in [0.1, 0.15) is 25.0 Å². The van der Waals surface area contributed by atoms with E-state index < -0.39 is 0 Å². The Morgan fingerprint density at radius 3 is 2.81 bits per heavy atom. The van der Waals surface area contributed by atoms with Gasteiger partial charge in [0.2, 0.25) is 0 Å². The number of unbranched alkanes of at least 4 members (excludes halogenated alkanes) is 2. The second-order valence-electron chi connectivity index (χ2n) is 3.63. The number of aromatic nitrogens is 2. The molecule has 0 saturated carbocycles. The topological polar surface area (TPSA) is 57.9 Å². The molecule has 1 heterocycles. The number of nitrogens with one attached hydrogen (secondary N) is 1. The summed E-state index contributed by atoms with van der Waals surface area (Å²) in [6, 6.07) is 0. The van der Waals surface area contributed by atoms with Gasteiger partial charge >= 0.3 is 29.6 Å². The number of hydrogen-bond donors (Lipinski definition) is 2. The van der Waals surface area contributed by atoms with Crippen molar-refractivity contribution in [1.29, 1.82) is 0 Å². The molecule has 1 aromatic rings. The molecule has 0 aromatic carbocycles. The van der Waals surface area contributed by atoms with E-state index >= 15 is 0 Å². The molecule has 1 rings (SSSR count). The van der Waals surface area contributed by atoms with E-state index in [9.17, 15) is 0 Å². The van der Waals surface area contributed by atoms with Crippen molar-refractivity contribution in [3.63, 3.8) is 0 Å². The number of aryl methyl sites for hydroxylation is 1. The van der Waals surface area contributed by atoms with Gasteiger partial charge in [-0.05, 0) is 31.5 Å². The molecule has 0 spiro atoms. The fraction of sp³-hybridized carbons (Fsp3) is 0.600. The summed E-state index contributed by atoms with van der Waals surface area (Å²) in [6.45, 7) is 0.940. The van der Waals surface area contributed by atoms with Crippen molar-refractivity contribution < 1.29 is 0 Å². The molecule has 0 saturated heterocycles. The Labute approximate surface area is 124 Å². The Kier molecular flexibility index (Phi) is 8.93. The minimum absolute atomic E-state index is 0. The van der Waals surface area contributed by atoms with E-state index in [1.54, 1.807) is 6.33 Å². The van der Waals surface area contributed by atoms with Crippen LogP contribution in [0.15, 0.2) is 12.5 Å². The Morgan fingerprint density at radius 2 is 2.25 bits per heavy atom. The average molecular weight is 250 g/mol. The fourth-order valence-corrected chi connectivity index (χ4v) is 1.46. The molecule has 0 fully saturated rings. The van der Waals surface area contributed by atoms with E-state index in [-0.39, 0.29) is 29.6 Å². The molecule has 6 heteroatoms. The molecule has 0 radical (unpaired) electrons. The van der Waals surface area contributed by atoms with Crippen LogP contribution >= 0.6 is 12.2 Å². The van der Waals surface area contributed by atoms with Crippen molar-refractivity contribution in [3.05, 3.63) is 18.2 Å². The fourth-order valence-electron chi connectivity index (χ4n) is 1.37. The third-order valence-electron chi connectivity index (χ3n) is 2.36. The zero-order valence-corrected chi connectivity index (χ0v) is 9.89. The van der Waals surface area contributed by atoms with Crippen LogP contribution in [-0.2, 0) is 6.42 Å². The van der Waals surface area contributed by atoms with Gasteiger partial charge in [-0.25, -0.2) is 4.98 Å². The van der Waals surface area contributed by atoms with Crippen LogP contribution in [-0.4, -0.2) is 63.1 Å². The monoisotopic (exact) mass is 250 g/mol. The molecule has 16 heavy (non-hydrogen) atoms. The van der Waals surface area contributed by atoms with Gasteiger partial charge in [0, 0.05) is 19.8 Å². The third-order valence-corrected chi connectivity index (χ3v) is 2.67. The van der Waals surface area contributed by atoms with Crippen LogP contribution in [0.5, 0.6) is 0 Å². The number of imidazole rings is 1. The first-order chi connectivity index (χ1) is 7.20. The maximum absolute atomic E-state index is 5.47. The summed E-state index contributed by atoms with van der Waals surface area (Å²) in [5, 5.41) is 0.474. The molecule has 0 aliphatic heterocycles. The van der Waals surface area contributed by atoms with E-state index in [0.717, 1.165) is 31.5 Å². The number of H-pyrrole nitrogens is 1. The molecular formula is C10H19N4NaS. The molecule has 0 unspecified atom stereocenters. The normalized spacial score (nSPS) is 9.56. The molecule has 0 aliphatic carbocycles. The van der Waals surface area contributed by atoms with Crippen LogP contribution in [0.4, 0.5) is 0 Å². The van der Waals surface area contributed by atoms with E-state index in [1.807, 2.05) is 18.1 Å². The molecule has 0 aliphatic rings. The SMILES string of the molecule is CN(CCCCCc1c[nH]cn1)C(N)=S.[NaH]. The van der Waals surface area contributed by atoms with Crippen LogP contribution in [0, 0.1) is 0 Å². The number of aromatic amines is 1. The number of hydrogen-bond acceptors (Lipinski definition) is 2. The standard InChI is InChI=1S/C10H18N4S.Na.H/c1-14(10(11)15)6-4-2-3-5-9-7-12-8-13-9;;/h7-8H,2-6H2,1H3,(H2,11,15)(H,12,13);;. The van der Waals surface area contributed by atoms with Crippen molar-refractivity contribution in [2.75, 3.05) is 13.6 Å². The molecular weight excluding hydrogens is 231 g/mol. The Hall–Kier alpha value is -0.100. The summed E-state index contributed by atoms with van der Waals surface area (Å²) in [5.41, 5.74) is 6.61. The summed E-state index contributed by atoms with van der Waals surface area (Å²) in [7, 11) is 1.93. The Bertz CT molecular complexity index is 289. The summed E-state index contributed by atoms with van der Waals surface area (Å²) in [6.07, 6.45) is 8.17. The molecule has 4 nitrogen and oxygen atoms in total. The Balaban J connectivity index is 0.00000225. The second-order valence-corrected chi connectivity index (χ2v) is 4.05. The summed E-state index contributed by atoms with van der Waals surface area (Å²) in [4.78, 5) is 9.03. The molecule has 3 N–H and O–H groups in total. The van der Waals surface area contributed by atoms with Gasteiger partial charge in [0.05, 0.1) is 12.0 Å². The summed E-state index contributed by atoms with van der Waals surface area (Å²) < 4.78 is 0. The van der Waals surface area contributed by atoms with Gasteiger partial charge in [0.25, 0.3) is 0 Å². The number of rotatable bonds is 6. The maximum atomic E-state index is 5.47. The second kappa shape index (κ2) is 8.98. The molecule has 0 atom stereocenters. The van der Waals surface area contributed by atoms with E-state index in [0.29, 0.717) is 5.11 Å². The van der Waals surface area contributed by atoms with Gasteiger partial charge in [-0.2, -0.15) is 0 Å². The van der Waals surface area contributed by atoms with Gasteiger partial charge in [-0.3, -0.25) is 0 Å². The Morgan fingerprint density at radius 1 is 1.50 bits per heavy atom. The van der Waals surface area contributed by atoms with Gasteiger partial charge in [0.1, 0.15) is 0 Å². The van der Waals surface area contributed by atoms with Crippen LogP contribution < -0.4 is 5.73 Å². The van der Waals surface area contributed by atoms with Crippen LogP contribution in [0.25, 0.3) is 0 Å². The predicted molar refractivity (Wildman–Crippen MR) is 72.7 cm³/mol. The molecule has 0 amide bonds.